The molecule has 31 heavy (non-hydrogen) atoms. The SMILES string of the molecule is O=C(CCCN1CCC(c2ccc(Cl)cc2)CC1)c1ccc(CN2CCCC2)c(F)c1. The highest BCUT2D eigenvalue weighted by molar-refractivity contribution is 6.30. The molecule has 2 saturated heterocycles. The molecule has 0 N–H and O–H groups in total. The fourth-order valence-corrected chi connectivity index (χ4v) is 4.99. The van der Waals surface area contributed by atoms with Gasteiger partial charge in [0.2, 0.25) is 0 Å². The third kappa shape index (κ3) is 6.15. The van der Waals surface area contributed by atoms with Crippen molar-refractivity contribution in [3.05, 3.63) is 70.0 Å². The molecule has 0 aliphatic carbocycles. The lowest BCUT2D eigenvalue weighted by molar-refractivity contribution is 0.0971. The Balaban J connectivity index is 1.20. The van der Waals surface area contributed by atoms with Crippen LogP contribution in [0.2, 0.25) is 5.02 Å². The number of Topliss-reactive ketones (excluding diaryl/α,β-unsaturated/α-hetero) is 1. The Morgan fingerprint density at radius 3 is 2.35 bits per heavy atom. The van der Waals surface area contributed by atoms with E-state index in [0.29, 0.717) is 30.0 Å². The van der Waals surface area contributed by atoms with E-state index in [4.69, 9.17) is 11.6 Å². The summed E-state index contributed by atoms with van der Waals surface area (Å²) in [4.78, 5) is 17.3. The van der Waals surface area contributed by atoms with Crippen molar-refractivity contribution in [3.63, 3.8) is 0 Å². The Morgan fingerprint density at radius 1 is 0.968 bits per heavy atom. The third-order valence-corrected chi connectivity index (χ3v) is 7.03. The third-order valence-electron chi connectivity index (χ3n) is 6.77. The van der Waals surface area contributed by atoms with E-state index in [1.54, 1.807) is 12.1 Å². The maximum Gasteiger partial charge on any atom is 0.163 e. The van der Waals surface area contributed by atoms with Crippen LogP contribution in [0.15, 0.2) is 42.5 Å². The van der Waals surface area contributed by atoms with Crippen LogP contribution >= 0.6 is 11.6 Å². The van der Waals surface area contributed by atoms with Crippen LogP contribution in [0.3, 0.4) is 0 Å². The average Bonchev–Trinajstić information content (AvgIpc) is 3.29. The molecular weight excluding hydrogens is 411 g/mol. The van der Waals surface area contributed by atoms with Gasteiger partial charge in [0.05, 0.1) is 0 Å². The van der Waals surface area contributed by atoms with Crippen molar-refractivity contribution in [2.75, 3.05) is 32.7 Å². The van der Waals surface area contributed by atoms with Crippen molar-refractivity contribution in [2.45, 2.75) is 51.0 Å². The molecule has 2 aromatic carbocycles. The van der Waals surface area contributed by atoms with Gasteiger partial charge in [-0.25, -0.2) is 4.39 Å². The number of hydrogen-bond donors (Lipinski definition) is 0. The number of halogens is 2. The minimum atomic E-state index is -0.248. The number of carbonyl (C=O) groups is 1. The van der Waals surface area contributed by atoms with Crippen molar-refractivity contribution in [1.82, 2.24) is 9.80 Å². The van der Waals surface area contributed by atoms with Crippen LogP contribution in [-0.4, -0.2) is 48.3 Å². The highest BCUT2D eigenvalue weighted by atomic mass is 35.5. The Labute approximate surface area is 190 Å². The van der Waals surface area contributed by atoms with Gasteiger partial charge in [-0.1, -0.05) is 35.9 Å². The lowest BCUT2D eigenvalue weighted by Crippen LogP contribution is -2.33. The lowest BCUT2D eigenvalue weighted by atomic mass is 9.89. The van der Waals surface area contributed by atoms with Gasteiger partial charge in [-0.3, -0.25) is 9.69 Å². The summed E-state index contributed by atoms with van der Waals surface area (Å²) in [7, 11) is 0. The Hall–Kier alpha value is -1.75. The molecule has 0 radical (unpaired) electrons. The second kappa shape index (κ2) is 10.7. The molecule has 2 aliphatic heterocycles. The van der Waals surface area contributed by atoms with Crippen LogP contribution in [0.1, 0.15) is 65.9 Å². The van der Waals surface area contributed by atoms with E-state index in [0.717, 1.165) is 57.0 Å². The predicted octanol–water partition coefficient (Wildman–Crippen LogP) is 5.92. The van der Waals surface area contributed by atoms with E-state index in [2.05, 4.69) is 21.9 Å². The number of ketones is 1. The molecule has 0 amide bonds. The summed E-state index contributed by atoms with van der Waals surface area (Å²) < 4.78 is 14.5. The number of hydrogen-bond acceptors (Lipinski definition) is 3. The molecule has 0 bridgehead atoms. The minimum Gasteiger partial charge on any atom is -0.303 e. The summed E-state index contributed by atoms with van der Waals surface area (Å²) in [6, 6.07) is 13.2. The van der Waals surface area contributed by atoms with Crippen LogP contribution in [-0.2, 0) is 6.54 Å². The van der Waals surface area contributed by atoms with Gasteiger partial charge in [-0.2, -0.15) is 0 Å². The normalized spacial score (nSPS) is 18.5. The van der Waals surface area contributed by atoms with E-state index in [1.807, 2.05) is 12.1 Å². The standard InChI is InChI=1S/C26H32ClFN2O/c27-24-9-7-20(8-10-24)21-11-16-29(17-12-21)15-3-4-26(31)22-5-6-23(25(28)18-22)19-30-13-1-2-14-30/h5-10,18,21H,1-4,11-17,19H2. The smallest absolute Gasteiger partial charge is 0.163 e. The number of benzene rings is 2. The van der Waals surface area contributed by atoms with Gasteiger partial charge in [0.25, 0.3) is 0 Å². The highest BCUT2D eigenvalue weighted by Crippen LogP contribution is 2.29. The molecule has 0 spiro atoms. The zero-order valence-electron chi connectivity index (χ0n) is 18.2. The predicted molar refractivity (Wildman–Crippen MR) is 124 cm³/mol. The summed E-state index contributed by atoms with van der Waals surface area (Å²) in [5.74, 6) is 0.391. The molecule has 5 heteroatoms. The maximum absolute atomic E-state index is 14.5. The number of piperidine rings is 1. The minimum absolute atomic E-state index is 0.0441. The molecule has 0 aromatic heterocycles. The van der Waals surface area contributed by atoms with Crippen LogP contribution in [0.25, 0.3) is 0 Å². The van der Waals surface area contributed by atoms with E-state index < -0.39 is 0 Å². The summed E-state index contributed by atoms with van der Waals surface area (Å²) in [6.45, 7) is 5.76. The second-order valence-electron chi connectivity index (χ2n) is 8.98. The van der Waals surface area contributed by atoms with Crippen molar-refractivity contribution in [2.24, 2.45) is 0 Å². The monoisotopic (exact) mass is 442 g/mol. The Bertz CT molecular complexity index is 871. The van der Waals surface area contributed by atoms with Gasteiger partial charge in [-0.05, 0) is 94.5 Å². The number of nitrogens with zero attached hydrogens (tertiary/aromatic N) is 2. The molecule has 4 rings (SSSR count). The molecule has 0 saturated carbocycles. The molecule has 2 aliphatic rings. The largest absolute Gasteiger partial charge is 0.303 e. The maximum atomic E-state index is 14.5. The first-order valence-electron chi connectivity index (χ1n) is 11.6. The van der Waals surface area contributed by atoms with E-state index in [-0.39, 0.29) is 11.6 Å². The first-order valence-corrected chi connectivity index (χ1v) is 12.0. The second-order valence-corrected chi connectivity index (χ2v) is 9.42. The Morgan fingerprint density at radius 2 is 1.68 bits per heavy atom. The van der Waals surface area contributed by atoms with Crippen LogP contribution < -0.4 is 0 Å². The van der Waals surface area contributed by atoms with Crippen molar-refractivity contribution >= 4 is 17.4 Å². The van der Waals surface area contributed by atoms with Gasteiger partial charge in [0.1, 0.15) is 5.82 Å². The van der Waals surface area contributed by atoms with E-state index >= 15 is 0 Å². The molecule has 2 aromatic rings. The number of rotatable bonds is 8. The molecule has 0 unspecified atom stereocenters. The van der Waals surface area contributed by atoms with Gasteiger partial charge in [0.15, 0.2) is 5.78 Å². The summed E-state index contributed by atoms with van der Waals surface area (Å²) in [6.07, 6.45) is 5.95. The van der Waals surface area contributed by atoms with Crippen LogP contribution in [0.4, 0.5) is 4.39 Å². The first-order chi connectivity index (χ1) is 15.1. The average molecular weight is 443 g/mol. The topological polar surface area (TPSA) is 23.6 Å². The van der Waals surface area contributed by atoms with Gasteiger partial charge >= 0.3 is 0 Å². The van der Waals surface area contributed by atoms with Crippen LogP contribution in [0, 0.1) is 5.82 Å². The zero-order chi connectivity index (χ0) is 21.6. The fourth-order valence-electron chi connectivity index (χ4n) is 4.86. The lowest BCUT2D eigenvalue weighted by Gasteiger charge is -2.32. The molecule has 2 heterocycles. The van der Waals surface area contributed by atoms with Gasteiger partial charge in [0, 0.05) is 29.1 Å². The van der Waals surface area contributed by atoms with Crippen molar-refractivity contribution < 1.29 is 9.18 Å². The first kappa shape index (κ1) is 22.4. The summed E-state index contributed by atoms with van der Waals surface area (Å²) in [5.41, 5.74) is 2.57. The van der Waals surface area contributed by atoms with E-state index in [1.165, 1.54) is 24.5 Å². The molecule has 2 fully saturated rings. The fraction of sp³-hybridized carbons (Fsp3) is 0.500. The summed E-state index contributed by atoms with van der Waals surface area (Å²) in [5, 5.41) is 0.784. The molecule has 166 valence electrons. The molecule has 0 atom stereocenters. The molecule has 3 nitrogen and oxygen atoms in total. The van der Waals surface area contributed by atoms with Crippen molar-refractivity contribution in [1.29, 1.82) is 0 Å². The molecular formula is C26H32ClFN2O. The quantitative estimate of drug-likeness (QED) is 0.474. The zero-order valence-corrected chi connectivity index (χ0v) is 18.9. The Kier molecular flexibility index (Phi) is 7.76. The highest BCUT2D eigenvalue weighted by Gasteiger charge is 2.21. The number of carbonyl (C=O) groups excluding carboxylic acids is 1. The van der Waals surface area contributed by atoms with Crippen LogP contribution in [0.5, 0.6) is 0 Å². The number of likely N-dealkylation sites (tertiary alicyclic amines) is 2. The van der Waals surface area contributed by atoms with Gasteiger partial charge < -0.3 is 4.90 Å². The summed E-state index contributed by atoms with van der Waals surface area (Å²) >= 11 is 5.99. The van der Waals surface area contributed by atoms with Crippen molar-refractivity contribution in [3.8, 4) is 0 Å². The van der Waals surface area contributed by atoms with E-state index in [9.17, 15) is 9.18 Å². The van der Waals surface area contributed by atoms with Gasteiger partial charge in [-0.15, -0.1) is 0 Å².